The zero-order valence-corrected chi connectivity index (χ0v) is 8.90. The maximum Gasteiger partial charge on any atom is 0.0797 e. The fourth-order valence-corrected chi connectivity index (χ4v) is 1.66. The summed E-state index contributed by atoms with van der Waals surface area (Å²) in [4.78, 5) is 1.22. The summed E-state index contributed by atoms with van der Waals surface area (Å²) in [6, 6.07) is 0.354. The van der Waals surface area contributed by atoms with Gasteiger partial charge in [0.15, 0.2) is 0 Å². The van der Waals surface area contributed by atoms with Crippen molar-refractivity contribution in [2.45, 2.75) is 32.9 Å². The van der Waals surface area contributed by atoms with Crippen LogP contribution in [0.5, 0.6) is 0 Å². The van der Waals surface area contributed by atoms with Gasteiger partial charge in [-0.15, -0.1) is 5.10 Å². The SMILES string of the molecule is CCc1nnsc1CN[C@@H](C)CN. The van der Waals surface area contributed by atoms with Gasteiger partial charge in [-0.2, -0.15) is 0 Å². The lowest BCUT2D eigenvalue weighted by molar-refractivity contribution is 0.558. The largest absolute Gasteiger partial charge is 0.329 e. The van der Waals surface area contributed by atoms with Gasteiger partial charge in [0.1, 0.15) is 0 Å². The van der Waals surface area contributed by atoms with Crippen LogP contribution in [-0.2, 0) is 13.0 Å². The Labute approximate surface area is 82.7 Å². The maximum atomic E-state index is 5.49. The van der Waals surface area contributed by atoms with Gasteiger partial charge in [0, 0.05) is 19.1 Å². The summed E-state index contributed by atoms with van der Waals surface area (Å²) in [5, 5.41) is 7.35. The fraction of sp³-hybridized carbons (Fsp3) is 0.750. The van der Waals surface area contributed by atoms with E-state index < -0.39 is 0 Å². The first-order valence-electron chi connectivity index (χ1n) is 4.51. The molecule has 0 amide bonds. The standard InChI is InChI=1S/C8H16N4S/c1-3-7-8(13-12-11-7)5-10-6(2)4-9/h6,10H,3-5,9H2,1-2H3/t6-/m0/s1. The first-order valence-corrected chi connectivity index (χ1v) is 5.28. The molecule has 0 aliphatic heterocycles. The van der Waals surface area contributed by atoms with E-state index in [-0.39, 0.29) is 0 Å². The Morgan fingerprint density at radius 1 is 1.62 bits per heavy atom. The van der Waals surface area contributed by atoms with Crippen LogP contribution < -0.4 is 11.1 Å². The molecule has 0 aromatic carbocycles. The van der Waals surface area contributed by atoms with Crippen LogP contribution in [0.1, 0.15) is 24.4 Å². The number of nitrogens with two attached hydrogens (primary N) is 1. The minimum Gasteiger partial charge on any atom is -0.329 e. The minimum absolute atomic E-state index is 0.354. The number of nitrogens with one attached hydrogen (secondary N) is 1. The molecule has 1 atom stereocenters. The Morgan fingerprint density at radius 2 is 2.38 bits per heavy atom. The van der Waals surface area contributed by atoms with Gasteiger partial charge in [-0.1, -0.05) is 11.4 Å². The molecule has 0 aliphatic rings. The monoisotopic (exact) mass is 200 g/mol. The highest BCUT2D eigenvalue weighted by Gasteiger charge is 2.06. The molecule has 74 valence electrons. The van der Waals surface area contributed by atoms with Crippen LogP contribution in [0.15, 0.2) is 0 Å². The van der Waals surface area contributed by atoms with Crippen LogP contribution >= 0.6 is 11.5 Å². The average molecular weight is 200 g/mol. The predicted octanol–water partition coefficient (Wildman–Crippen LogP) is 0.537. The summed E-state index contributed by atoms with van der Waals surface area (Å²) < 4.78 is 3.92. The molecule has 5 heteroatoms. The topological polar surface area (TPSA) is 63.8 Å². The van der Waals surface area contributed by atoms with E-state index in [0.29, 0.717) is 12.6 Å². The molecule has 1 heterocycles. The Bertz CT molecular complexity index is 248. The Hall–Kier alpha value is -0.520. The molecular weight excluding hydrogens is 184 g/mol. The van der Waals surface area contributed by atoms with Crippen molar-refractivity contribution in [2.75, 3.05) is 6.54 Å². The Morgan fingerprint density at radius 3 is 3.00 bits per heavy atom. The molecule has 0 fully saturated rings. The van der Waals surface area contributed by atoms with Crippen molar-refractivity contribution in [2.24, 2.45) is 5.73 Å². The number of hydrogen-bond donors (Lipinski definition) is 2. The molecule has 0 saturated heterocycles. The summed E-state index contributed by atoms with van der Waals surface area (Å²) in [6.07, 6.45) is 0.949. The first-order chi connectivity index (χ1) is 6.27. The van der Waals surface area contributed by atoms with Gasteiger partial charge in [-0.05, 0) is 24.9 Å². The molecule has 0 saturated carbocycles. The van der Waals surface area contributed by atoms with Gasteiger partial charge in [0.25, 0.3) is 0 Å². The summed E-state index contributed by atoms with van der Waals surface area (Å²) in [6.45, 7) is 5.65. The molecule has 0 unspecified atom stereocenters. The van der Waals surface area contributed by atoms with E-state index in [1.54, 1.807) is 0 Å². The highest BCUT2D eigenvalue weighted by atomic mass is 32.1. The molecule has 0 spiro atoms. The normalized spacial score (nSPS) is 13.2. The van der Waals surface area contributed by atoms with E-state index >= 15 is 0 Å². The molecule has 1 aromatic rings. The minimum atomic E-state index is 0.354. The van der Waals surface area contributed by atoms with E-state index in [9.17, 15) is 0 Å². The van der Waals surface area contributed by atoms with Crippen molar-refractivity contribution in [3.05, 3.63) is 10.6 Å². The molecule has 0 radical (unpaired) electrons. The predicted molar refractivity (Wildman–Crippen MR) is 54.6 cm³/mol. The number of nitrogens with zero attached hydrogens (tertiary/aromatic N) is 2. The Balaban J connectivity index is 2.44. The van der Waals surface area contributed by atoms with Crippen LogP contribution in [0, 0.1) is 0 Å². The van der Waals surface area contributed by atoms with Crippen LogP contribution in [-0.4, -0.2) is 22.2 Å². The van der Waals surface area contributed by atoms with E-state index in [4.69, 9.17) is 5.73 Å². The smallest absolute Gasteiger partial charge is 0.0797 e. The van der Waals surface area contributed by atoms with Crippen LogP contribution in [0.25, 0.3) is 0 Å². The summed E-state index contributed by atoms with van der Waals surface area (Å²) in [5.74, 6) is 0. The van der Waals surface area contributed by atoms with Crippen LogP contribution in [0.3, 0.4) is 0 Å². The lowest BCUT2D eigenvalue weighted by Gasteiger charge is -2.09. The Kier molecular flexibility index (Phi) is 4.27. The van der Waals surface area contributed by atoms with Crippen molar-refractivity contribution in [1.29, 1.82) is 0 Å². The van der Waals surface area contributed by atoms with Gasteiger partial charge in [0.2, 0.25) is 0 Å². The zero-order valence-electron chi connectivity index (χ0n) is 8.08. The van der Waals surface area contributed by atoms with Gasteiger partial charge in [-0.3, -0.25) is 0 Å². The van der Waals surface area contributed by atoms with E-state index in [0.717, 1.165) is 18.7 Å². The van der Waals surface area contributed by atoms with Crippen molar-refractivity contribution >= 4 is 11.5 Å². The summed E-state index contributed by atoms with van der Waals surface area (Å²) in [5.41, 5.74) is 6.59. The average Bonchev–Trinajstić information content (AvgIpc) is 2.61. The van der Waals surface area contributed by atoms with Crippen LogP contribution in [0.2, 0.25) is 0 Å². The third kappa shape index (κ3) is 3.02. The lowest BCUT2D eigenvalue weighted by atomic mass is 10.3. The van der Waals surface area contributed by atoms with Crippen molar-refractivity contribution in [3.8, 4) is 0 Å². The third-order valence-corrected chi connectivity index (χ3v) is 2.70. The highest BCUT2D eigenvalue weighted by Crippen LogP contribution is 2.10. The molecule has 13 heavy (non-hydrogen) atoms. The van der Waals surface area contributed by atoms with Crippen molar-refractivity contribution in [3.63, 3.8) is 0 Å². The molecule has 0 bridgehead atoms. The van der Waals surface area contributed by atoms with E-state index in [1.807, 2.05) is 0 Å². The van der Waals surface area contributed by atoms with Gasteiger partial charge >= 0.3 is 0 Å². The van der Waals surface area contributed by atoms with E-state index in [2.05, 4.69) is 28.8 Å². The van der Waals surface area contributed by atoms with Crippen LogP contribution in [0.4, 0.5) is 0 Å². The molecule has 4 nitrogen and oxygen atoms in total. The van der Waals surface area contributed by atoms with Gasteiger partial charge < -0.3 is 11.1 Å². The van der Waals surface area contributed by atoms with Gasteiger partial charge in [-0.25, -0.2) is 0 Å². The highest BCUT2D eigenvalue weighted by molar-refractivity contribution is 7.05. The van der Waals surface area contributed by atoms with Gasteiger partial charge in [0.05, 0.1) is 10.6 Å². The number of rotatable bonds is 5. The zero-order chi connectivity index (χ0) is 9.68. The number of aryl methyl sites for hydroxylation is 1. The molecule has 0 aliphatic carbocycles. The second-order valence-electron chi connectivity index (χ2n) is 3.01. The fourth-order valence-electron chi connectivity index (χ4n) is 0.980. The van der Waals surface area contributed by atoms with Crippen molar-refractivity contribution in [1.82, 2.24) is 14.9 Å². The summed E-state index contributed by atoms with van der Waals surface area (Å²) >= 11 is 1.46. The second-order valence-corrected chi connectivity index (χ2v) is 3.85. The number of hydrogen-bond acceptors (Lipinski definition) is 5. The molecule has 1 rings (SSSR count). The quantitative estimate of drug-likeness (QED) is 0.728. The lowest BCUT2D eigenvalue weighted by Crippen LogP contribution is -2.32. The number of aromatic nitrogens is 2. The molecule has 3 N–H and O–H groups in total. The van der Waals surface area contributed by atoms with Crippen molar-refractivity contribution < 1.29 is 0 Å². The first kappa shape index (κ1) is 10.6. The summed E-state index contributed by atoms with van der Waals surface area (Å²) in [7, 11) is 0. The third-order valence-electron chi connectivity index (χ3n) is 1.93. The molecular formula is C8H16N4S. The second kappa shape index (κ2) is 5.26. The maximum absolute atomic E-state index is 5.49. The van der Waals surface area contributed by atoms with E-state index in [1.165, 1.54) is 16.4 Å². The molecule has 1 aromatic heterocycles.